The van der Waals surface area contributed by atoms with Crippen LogP contribution in [0, 0.1) is 13.8 Å². The van der Waals surface area contributed by atoms with Crippen LogP contribution in [0.4, 0.5) is 11.5 Å². The Labute approximate surface area is 167 Å². The van der Waals surface area contributed by atoms with Gasteiger partial charge in [-0.15, -0.1) is 0 Å². The number of nitrogens with zero attached hydrogens (tertiary/aromatic N) is 2. The first kappa shape index (κ1) is 18.5. The van der Waals surface area contributed by atoms with Crippen LogP contribution >= 0.6 is 0 Å². The Hall–Kier alpha value is -3.87. The summed E-state index contributed by atoms with van der Waals surface area (Å²) < 4.78 is 1.62. The van der Waals surface area contributed by atoms with Gasteiger partial charge in [-0.25, -0.2) is 9.48 Å². The number of fused-ring (bicyclic) bond motifs is 1. The van der Waals surface area contributed by atoms with Crippen molar-refractivity contribution < 1.29 is 14.7 Å². The number of aromatic nitrogens is 2. The number of nitrogens with one attached hydrogen (secondary N) is 2. The van der Waals surface area contributed by atoms with Crippen molar-refractivity contribution in [3.8, 4) is 0 Å². The minimum Gasteiger partial charge on any atom is -0.477 e. The topological polar surface area (TPSA) is 96.3 Å². The minimum atomic E-state index is -1.10. The number of carbonyl (C=O) groups excluding carboxylic acids is 1. The quantitative estimate of drug-likeness (QED) is 0.633. The Balaban J connectivity index is 1.70. The molecule has 29 heavy (non-hydrogen) atoms. The van der Waals surface area contributed by atoms with Gasteiger partial charge in [-0.05, 0) is 48.7 Å². The second-order valence-corrected chi connectivity index (χ2v) is 6.97. The summed E-state index contributed by atoms with van der Waals surface area (Å²) in [6, 6.07) is 14.7. The number of hydrogen-bond acceptors (Lipinski definition) is 4. The fraction of sp³-hybridized carbons (Fsp3) is 0.136. The maximum absolute atomic E-state index is 12.9. The highest BCUT2D eigenvalue weighted by Crippen LogP contribution is 2.32. The number of allylic oxidation sites excluding steroid dienone is 1. The number of rotatable bonds is 4. The Morgan fingerprint density at radius 2 is 1.86 bits per heavy atom. The zero-order valence-corrected chi connectivity index (χ0v) is 16.0. The highest BCUT2D eigenvalue weighted by molar-refractivity contribution is 6.08. The monoisotopic (exact) mass is 388 g/mol. The summed E-state index contributed by atoms with van der Waals surface area (Å²) in [5, 5.41) is 19.6. The molecule has 0 saturated carbocycles. The van der Waals surface area contributed by atoms with Gasteiger partial charge < -0.3 is 15.7 Å². The van der Waals surface area contributed by atoms with Crippen LogP contribution in [0.2, 0.25) is 0 Å². The third-order valence-corrected chi connectivity index (χ3v) is 5.02. The van der Waals surface area contributed by atoms with Crippen molar-refractivity contribution in [2.24, 2.45) is 0 Å². The molecule has 0 saturated heterocycles. The van der Waals surface area contributed by atoms with Crippen molar-refractivity contribution in [3.05, 3.63) is 88.8 Å². The van der Waals surface area contributed by atoms with Gasteiger partial charge in [0.1, 0.15) is 17.1 Å². The molecule has 3 aromatic rings. The zero-order chi connectivity index (χ0) is 20.5. The molecule has 0 bridgehead atoms. The summed E-state index contributed by atoms with van der Waals surface area (Å²) in [6.45, 7) is 3.98. The minimum absolute atomic E-state index is 0.00656. The number of carboxylic acids is 1. The van der Waals surface area contributed by atoms with Gasteiger partial charge in [0.05, 0.1) is 12.2 Å². The third-order valence-electron chi connectivity index (χ3n) is 5.02. The lowest BCUT2D eigenvalue weighted by Crippen LogP contribution is -2.25. The van der Waals surface area contributed by atoms with Crippen LogP contribution in [0.3, 0.4) is 0 Å². The average molecular weight is 388 g/mol. The van der Waals surface area contributed by atoms with Gasteiger partial charge in [-0.3, -0.25) is 4.79 Å². The molecule has 2 heterocycles. The maximum atomic E-state index is 12.9. The third kappa shape index (κ3) is 3.50. The molecule has 1 amide bonds. The average Bonchev–Trinajstić information content (AvgIpc) is 3.15. The Morgan fingerprint density at radius 1 is 1.10 bits per heavy atom. The van der Waals surface area contributed by atoms with Crippen molar-refractivity contribution in [1.29, 1.82) is 0 Å². The van der Waals surface area contributed by atoms with E-state index in [1.54, 1.807) is 10.8 Å². The number of benzene rings is 2. The molecular formula is C22H20N4O3. The number of aliphatic carboxylic acids is 1. The number of carboxylic acid groups (broad SMARTS) is 1. The Kier molecular flexibility index (Phi) is 4.64. The lowest BCUT2D eigenvalue weighted by atomic mass is 10.0. The molecule has 0 aliphatic carbocycles. The van der Waals surface area contributed by atoms with Crippen molar-refractivity contribution >= 4 is 23.4 Å². The molecular weight excluding hydrogens is 368 g/mol. The molecule has 146 valence electrons. The molecule has 2 aromatic carbocycles. The largest absolute Gasteiger partial charge is 0.477 e. The van der Waals surface area contributed by atoms with E-state index in [2.05, 4.69) is 15.7 Å². The summed E-state index contributed by atoms with van der Waals surface area (Å²) in [5.41, 5.74) is 4.02. The van der Waals surface area contributed by atoms with Crippen LogP contribution in [0.25, 0.3) is 0 Å². The highest BCUT2D eigenvalue weighted by atomic mass is 16.4. The maximum Gasteiger partial charge on any atom is 0.352 e. The van der Waals surface area contributed by atoms with Crippen molar-refractivity contribution in [2.75, 3.05) is 10.6 Å². The number of carbonyl (C=O) groups is 2. The van der Waals surface area contributed by atoms with Gasteiger partial charge in [0.15, 0.2) is 0 Å². The van der Waals surface area contributed by atoms with E-state index in [1.165, 1.54) is 6.20 Å². The zero-order valence-electron chi connectivity index (χ0n) is 16.0. The van der Waals surface area contributed by atoms with Crippen LogP contribution in [-0.4, -0.2) is 26.8 Å². The lowest BCUT2D eigenvalue weighted by molar-refractivity contribution is -0.132. The summed E-state index contributed by atoms with van der Waals surface area (Å²) in [6.07, 6.45) is 3.04. The van der Waals surface area contributed by atoms with E-state index in [-0.39, 0.29) is 17.2 Å². The number of hydrogen-bond donors (Lipinski definition) is 3. The number of anilines is 2. The molecule has 1 aromatic heterocycles. The van der Waals surface area contributed by atoms with Crippen LogP contribution in [0.1, 0.15) is 33.1 Å². The molecule has 7 heteroatoms. The van der Waals surface area contributed by atoms with E-state index < -0.39 is 12.0 Å². The van der Waals surface area contributed by atoms with E-state index in [0.717, 1.165) is 16.7 Å². The fourth-order valence-electron chi connectivity index (χ4n) is 3.29. The summed E-state index contributed by atoms with van der Waals surface area (Å²) in [5.74, 6) is -1.11. The van der Waals surface area contributed by atoms with Crippen LogP contribution < -0.4 is 10.6 Å². The van der Waals surface area contributed by atoms with Crippen LogP contribution in [0.15, 0.2) is 66.5 Å². The second kappa shape index (κ2) is 7.27. The molecule has 3 N–H and O–H groups in total. The standard InChI is InChI=1S/C22H20N4O3/c1-13-8-9-16(10-14(13)2)24-21(27)17-12-23-26-19(15-6-4-3-5-7-15)11-18(22(28)29)25-20(17)26/h3-12,19,25H,1-2H3,(H,24,27)(H,28,29)/t19-/m1/s1. The SMILES string of the molecule is Cc1ccc(NC(=O)c2cnn3c2NC(C(=O)O)=C[C@@H]3c2ccccc2)cc1C. The first-order valence-electron chi connectivity index (χ1n) is 9.17. The van der Waals surface area contributed by atoms with E-state index in [0.29, 0.717) is 11.5 Å². The van der Waals surface area contributed by atoms with E-state index in [9.17, 15) is 14.7 Å². The first-order chi connectivity index (χ1) is 13.9. The molecule has 0 fully saturated rings. The number of aryl methyl sites for hydroxylation is 2. The summed E-state index contributed by atoms with van der Waals surface area (Å²) in [4.78, 5) is 24.5. The first-order valence-corrected chi connectivity index (χ1v) is 9.17. The van der Waals surface area contributed by atoms with Gasteiger partial charge in [0, 0.05) is 5.69 Å². The van der Waals surface area contributed by atoms with Crippen molar-refractivity contribution in [3.63, 3.8) is 0 Å². The van der Waals surface area contributed by atoms with E-state index >= 15 is 0 Å². The molecule has 1 aliphatic heterocycles. The second-order valence-electron chi connectivity index (χ2n) is 6.97. The van der Waals surface area contributed by atoms with Crippen molar-refractivity contribution in [2.45, 2.75) is 19.9 Å². The van der Waals surface area contributed by atoms with E-state index in [4.69, 9.17) is 0 Å². The van der Waals surface area contributed by atoms with Gasteiger partial charge in [0.2, 0.25) is 0 Å². The van der Waals surface area contributed by atoms with Gasteiger partial charge in [-0.1, -0.05) is 36.4 Å². The van der Waals surface area contributed by atoms with Crippen LogP contribution in [-0.2, 0) is 4.79 Å². The summed E-state index contributed by atoms with van der Waals surface area (Å²) >= 11 is 0. The smallest absolute Gasteiger partial charge is 0.352 e. The molecule has 7 nitrogen and oxygen atoms in total. The van der Waals surface area contributed by atoms with Crippen LogP contribution in [0.5, 0.6) is 0 Å². The molecule has 1 atom stereocenters. The number of amides is 1. The summed E-state index contributed by atoms with van der Waals surface area (Å²) in [7, 11) is 0. The Morgan fingerprint density at radius 3 is 2.55 bits per heavy atom. The molecule has 0 spiro atoms. The molecule has 1 aliphatic rings. The lowest BCUT2D eigenvalue weighted by Gasteiger charge is -2.24. The van der Waals surface area contributed by atoms with Gasteiger partial charge >= 0.3 is 5.97 Å². The molecule has 0 unspecified atom stereocenters. The fourth-order valence-corrected chi connectivity index (χ4v) is 3.29. The van der Waals surface area contributed by atoms with Gasteiger partial charge in [0.25, 0.3) is 5.91 Å². The van der Waals surface area contributed by atoms with E-state index in [1.807, 2.05) is 62.4 Å². The van der Waals surface area contributed by atoms with Crippen molar-refractivity contribution in [1.82, 2.24) is 9.78 Å². The normalized spacial score (nSPS) is 15.1. The molecule has 0 radical (unpaired) electrons. The molecule has 4 rings (SSSR count). The predicted molar refractivity (Wildman–Crippen MR) is 110 cm³/mol. The highest BCUT2D eigenvalue weighted by Gasteiger charge is 2.29. The predicted octanol–water partition coefficient (Wildman–Crippen LogP) is 3.74. The van der Waals surface area contributed by atoms with Gasteiger partial charge in [-0.2, -0.15) is 5.10 Å². The Bertz CT molecular complexity index is 1130.